The van der Waals surface area contributed by atoms with Crippen LogP contribution in [0.3, 0.4) is 0 Å². The Labute approximate surface area is 149 Å². The molecule has 0 bridgehead atoms. The molecule has 1 aliphatic heterocycles. The highest BCUT2D eigenvalue weighted by Gasteiger charge is 2.23. The standard InChI is InChI=1S/C20H27N3O2/c1-4-25-19-9-11-22(12-10-19)20(24)18-7-5-17(6-8-18)14-23-16(3)13-15(2)21-23/h5-8,13,19H,4,9-12,14H2,1-3H3. The molecule has 1 fully saturated rings. The lowest BCUT2D eigenvalue weighted by Crippen LogP contribution is -2.40. The maximum absolute atomic E-state index is 12.7. The van der Waals surface area contributed by atoms with Gasteiger partial charge in [0.25, 0.3) is 5.91 Å². The maximum atomic E-state index is 12.7. The number of rotatable bonds is 5. The number of aromatic nitrogens is 2. The first-order chi connectivity index (χ1) is 12.1. The topological polar surface area (TPSA) is 47.4 Å². The summed E-state index contributed by atoms with van der Waals surface area (Å²) in [5.74, 6) is 0.118. The first kappa shape index (κ1) is 17.7. The molecule has 0 N–H and O–H groups in total. The summed E-state index contributed by atoms with van der Waals surface area (Å²) in [5.41, 5.74) is 4.08. The number of nitrogens with zero attached hydrogens (tertiary/aromatic N) is 3. The van der Waals surface area contributed by atoms with Crippen LogP contribution in [-0.4, -0.2) is 46.4 Å². The molecule has 1 aliphatic rings. The van der Waals surface area contributed by atoms with Gasteiger partial charge in [0.1, 0.15) is 0 Å². The van der Waals surface area contributed by atoms with Gasteiger partial charge in [0.15, 0.2) is 0 Å². The second-order valence-corrected chi connectivity index (χ2v) is 6.73. The number of ether oxygens (including phenoxy) is 1. The highest BCUT2D eigenvalue weighted by atomic mass is 16.5. The molecule has 0 saturated carbocycles. The Kier molecular flexibility index (Phi) is 5.53. The summed E-state index contributed by atoms with van der Waals surface area (Å²) in [4.78, 5) is 14.6. The maximum Gasteiger partial charge on any atom is 0.253 e. The monoisotopic (exact) mass is 341 g/mol. The molecule has 1 aromatic carbocycles. The minimum Gasteiger partial charge on any atom is -0.378 e. The number of amides is 1. The highest BCUT2D eigenvalue weighted by molar-refractivity contribution is 5.94. The van der Waals surface area contributed by atoms with E-state index in [1.54, 1.807) is 0 Å². The lowest BCUT2D eigenvalue weighted by molar-refractivity contribution is 0.0146. The van der Waals surface area contributed by atoms with Crippen molar-refractivity contribution < 1.29 is 9.53 Å². The van der Waals surface area contributed by atoms with Crippen LogP contribution in [0.25, 0.3) is 0 Å². The van der Waals surface area contributed by atoms with Crippen LogP contribution in [0, 0.1) is 13.8 Å². The molecule has 5 heteroatoms. The summed E-state index contributed by atoms with van der Waals surface area (Å²) in [6.45, 7) is 9.10. The van der Waals surface area contributed by atoms with Gasteiger partial charge >= 0.3 is 0 Å². The Morgan fingerprint density at radius 3 is 2.44 bits per heavy atom. The number of carbonyl (C=O) groups excluding carboxylic acids is 1. The minimum absolute atomic E-state index is 0.118. The van der Waals surface area contributed by atoms with E-state index in [2.05, 4.69) is 18.1 Å². The molecule has 1 aromatic heterocycles. The van der Waals surface area contributed by atoms with Crippen LogP contribution in [0.2, 0.25) is 0 Å². The van der Waals surface area contributed by atoms with Crippen molar-refractivity contribution in [2.75, 3.05) is 19.7 Å². The largest absolute Gasteiger partial charge is 0.378 e. The van der Waals surface area contributed by atoms with E-state index >= 15 is 0 Å². The molecule has 0 radical (unpaired) electrons. The quantitative estimate of drug-likeness (QED) is 0.839. The Morgan fingerprint density at radius 2 is 1.88 bits per heavy atom. The van der Waals surface area contributed by atoms with Gasteiger partial charge in [-0.3, -0.25) is 9.48 Å². The summed E-state index contributed by atoms with van der Waals surface area (Å²) in [6, 6.07) is 9.98. The second kappa shape index (κ2) is 7.83. The second-order valence-electron chi connectivity index (χ2n) is 6.73. The van der Waals surface area contributed by atoms with E-state index in [9.17, 15) is 4.79 Å². The molecular formula is C20H27N3O2. The molecule has 2 aromatic rings. The molecule has 0 spiro atoms. The van der Waals surface area contributed by atoms with Gasteiger partial charge in [0.2, 0.25) is 0 Å². The number of benzene rings is 1. The van der Waals surface area contributed by atoms with Crippen molar-refractivity contribution >= 4 is 5.91 Å². The molecule has 0 aliphatic carbocycles. The zero-order chi connectivity index (χ0) is 17.8. The van der Waals surface area contributed by atoms with Crippen molar-refractivity contribution in [1.29, 1.82) is 0 Å². The van der Waals surface area contributed by atoms with Crippen LogP contribution in [0.4, 0.5) is 0 Å². The number of hydrogen-bond acceptors (Lipinski definition) is 3. The molecular weight excluding hydrogens is 314 g/mol. The third-order valence-electron chi connectivity index (χ3n) is 4.77. The lowest BCUT2D eigenvalue weighted by atomic mass is 10.1. The summed E-state index contributed by atoms with van der Waals surface area (Å²) >= 11 is 0. The zero-order valence-electron chi connectivity index (χ0n) is 15.4. The van der Waals surface area contributed by atoms with E-state index in [0.29, 0.717) is 6.10 Å². The molecule has 1 saturated heterocycles. The summed E-state index contributed by atoms with van der Waals surface area (Å²) < 4.78 is 7.64. The van der Waals surface area contributed by atoms with Gasteiger partial charge in [-0.2, -0.15) is 5.10 Å². The van der Waals surface area contributed by atoms with Crippen LogP contribution in [-0.2, 0) is 11.3 Å². The third-order valence-corrected chi connectivity index (χ3v) is 4.77. The van der Waals surface area contributed by atoms with Crippen LogP contribution in [0.5, 0.6) is 0 Å². The fourth-order valence-corrected chi connectivity index (χ4v) is 3.40. The number of likely N-dealkylation sites (tertiary alicyclic amines) is 1. The molecule has 25 heavy (non-hydrogen) atoms. The van der Waals surface area contributed by atoms with E-state index in [-0.39, 0.29) is 5.91 Å². The minimum atomic E-state index is 0.118. The van der Waals surface area contributed by atoms with Gasteiger partial charge in [0.05, 0.1) is 18.3 Å². The van der Waals surface area contributed by atoms with E-state index in [1.165, 1.54) is 0 Å². The van der Waals surface area contributed by atoms with Crippen LogP contribution in [0.15, 0.2) is 30.3 Å². The van der Waals surface area contributed by atoms with Gasteiger partial charge < -0.3 is 9.64 Å². The zero-order valence-corrected chi connectivity index (χ0v) is 15.4. The van der Waals surface area contributed by atoms with Crippen molar-refractivity contribution in [1.82, 2.24) is 14.7 Å². The van der Waals surface area contributed by atoms with Gasteiger partial charge in [-0.15, -0.1) is 0 Å². The van der Waals surface area contributed by atoms with Crippen LogP contribution < -0.4 is 0 Å². The van der Waals surface area contributed by atoms with Crippen molar-refractivity contribution in [2.24, 2.45) is 0 Å². The fraction of sp³-hybridized carbons (Fsp3) is 0.500. The Hall–Kier alpha value is -2.14. The lowest BCUT2D eigenvalue weighted by Gasteiger charge is -2.31. The summed E-state index contributed by atoms with van der Waals surface area (Å²) in [5, 5.41) is 4.49. The normalized spacial score (nSPS) is 15.6. The Balaban J connectivity index is 1.60. The average molecular weight is 341 g/mol. The van der Waals surface area contributed by atoms with Crippen molar-refractivity contribution in [3.63, 3.8) is 0 Å². The van der Waals surface area contributed by atoms with Crippen molar-refractivity contribution in [3.05, 3.63) is 52.8 Å². The number of hydrogen-bond donors (Lipinski definition) is 0. The molecule has 1 amide bonds. The molecule has 0 atom stereocenters. The fourth-order valence-electron chi connectivity index (χ4n) is 3.40. The Bertz CT molecular complexity index is 713. The number of carbonyl (C=O) groups is 1. The molecule has 3 rings (SSSR count). The van der Waals surface area contributed by atoms with E-state index < -0.39 is 0 Å². The van der Waals surface area contributed by atoms with Crippen LogP contribution in [0.1, 0.15) is 47.1 Å². The van der Waals surface area contributed by atoms with E-state index in [1.807, 2.05) is 47.7 Å². The smallest absolute Gasteiger partial charge is 0.253 e. The van der Waals surface area contributed by atoms with Gasteiger partial charge in [-0.1, -0.05) is 12.1 Å². The van der Waals surface area contributed by atoms with E-state index in [4.69, 9.17) is 4.74 Å². The van der Waals surface area contributed by atoms with E-state index in [0.717, 1.165) is 61.6 Å². The third kappa shape index (κ3) is 4.28. The summed E-state index contributed by atoms with van der Waals surface area (Å²) in [7, 11) is 0. The molecule has 0 unspecified atom stereocenters. The first-order valence-corrected chi connectivity index (χ1v) is 9.07. The Morgan fingerprint density at radius 1 is 1.20 bits per heavy atom. The van der Waals surface area contributed by atoms with Gasteiger partial charge in [0, 0.05) is 31.0 Å². The molecule has 134 valence electrons. The van der Waals surface area contributed by atoms with Crippen LogP contribution >= 0.6 is 0 Å². The summed E-state index contributed by atoms with van der Waals surface area (Å²) in [6.07, 6.45) is 2.16. The van der Waals surface area contributed by atoms with Crippen molar-refractivity contribution in [2.45, 2.75) is 46.3 Å². The predicted molar refractivity (Wildman–Crippen MR) is 97.8 cm³/mol. The van der Waals surface area contributed by atoms with Gasteiger partial charge in [-0.25, -0.2) is 0 Å². The van der Waals surface area contributed by atoms with Crippen molar-refractivity contribution in [3.8, 4) is 0 Å². The number of piperidine rings is 1. The van der Waals surface area contributed by atoms with Gasteiger partial charge in [-0.05, 0) is 57.4 Å². The SMILES string of the molecule is CCOC1CCN(C(=O)c2ccc(Cn3nc(C)cc3C)cc2)CC1. The highest BCUT2D eigenvalue weighted by Crippen LogP contribution is 2.17. The number of aryl methyl sites for hydroxylation is 2. The predicted octanol–water partition coefficient (Wildman–Crippen LogP) is 3.19. The first-order valence-electron chi connectivity index (χ1n) is 9.07. The average Bonchev–Trinajstić information content (AvgIpc) is 2.93. The molecule has 5 nitrogen and oxygen atoms in total. The molecule has 2 heterocycles.